The lowest BCUT2D eigenvalue weighted by Gasteiger charge is -2.46. The van der Waals surface area contributed by atoms with Gasteiger partial charge in [-0.1, -0.05) is 56.4 Å². The van der Waals surface area contributed by atoms with Crippen LogP contribution in [0.5, 0.6) is 0 Å². The van der Waals surface area contributed by atoms with Crippen LogP contribution in [0.4, 0.5) is 0 Å². The van der Waals surface area contributed by atoms with E-state index in [9.17, 15) is 0 Å². The number of hydrogen-bond acceptors (Lipinski definition) is 2. The van der Waals surface area contributed by atoms with Gasteiger partial charge in [-0.05, 0) is 40.2 Å². The summed E-state index contributed by atoms with van der Waals surface area (Å²) in [4.78, 5) is 0. The lowest BCUT2D eigenvalue weighted by Crippen LogP contribution is -2.60. The molecule has 1 saturated carbocycles. The third-order valence-electron chi connectivity index (χ3n) is 6.68. The Labute approximate surface area is 141 Å². The molecule has 4 rings (SSSR count). The number of hydrogen-bond donors (Lipinski definition) is 1. The normalized spacial score (nSPS) is 34.2. The van der Waals surface area contributed by atoms with Crippen LogP contribution in [0.2, 0.25) is 18.6 Å². The van der Waals surface area contributed by atoms with Crippen LogP contribution >= 0.6 is 0 Å². The largest absolute Gasteiger partial charge is 0.321 e. The Morgan fingerprint density at radius 1 is 1.04 bits per heavy atom. The maximum Gasteiger partial charge on any atom is 0.126 e. The number of piperazine rings is 1. The maximum atomic E-state index is 3.52. The van der Waals surface area contributed by atoms with Crippen LogP contribution < -0.4 is 15.8 Å². The zero-order valence-electron chi connectivity index (χ0n) is 14.8. The first-order valence-corrected chi connectivity index (χ1v) is 12.3. The first-order chi connectivity index (χ1) is 11.1. The molecule has 0 spiro atoms. The Kier molecular flexibility index (Phi) is 3.99. The number of rotatable bonds is 2. The minimum atomic E-state index is -1.42. The molecule has 0 bridgehead atoms. The second-order valence-electron chi connectivity index (χ2n) is 8.33. The number of nitrogens with one attached hydrogen (secondary N) is 1. The predicted octanol–water partition coefficient (Wildman–Crippen LogP) is 2.01. The van der Waals surface area contributed by atoms with E-state index in [-0.39, 0.29) is 0 Å². The van der Waals surface area contributed by atoms with Gasteiger partial charge in [-0.25, -0.2) is 0 Å². The molecule has 2 fully saturated rings. The highest BCUT2D eigenvalue weighted by atomic mass is 28.3. The molecule has 1 aromatic rings. The molecule has 2 aliphatic carbocycles. The first kappa shape index (κ1) is 15.6. The molecule has 124 valence electrons. The van der Waals surface area contributed by atoms with E-state index in [0.717, 1.165) is 23.3 Å². The lowest BCUT2D eigenvalue weighted by molar-refractivity contribution is 0.342. The minimum absolute atomic E-state index is 0.761. The van der Waals surface area contributed by atoms with Gasteiger partial charge in [0.2, 0.25) is 0 Å². The van der Waals surface area contributed by atoms with Gasteiger partial charge < -0.3 is 9.88 Å². The lowest BCUT2D eigenvalue weighted by atomic mass is 9.89. The summed E-state index contributed by atoms with van der Waals surface area (Å²) < 4.78 is 2.88. The molecule has 3 aliphatic rings. The van der Waals surface area contributed by atoms with Crippen molar-refractivity contribution in [3.63, 3.8) is 0 Å². The van der Waals surface area contributed by atoms with Crippen molar-refractivity contribution in [2.45, 2.75) is 32.0 Å². The topological polar surface area (TPSA) is 15.3 Å². The second-order valence-corrected chi connectivity index (χ2v) is 12.9. The van der Waals surface area contributed by atoms with Crippen molar-refractivity contribution in [2.24, 2.45) is 17.8 Å². The van der Waals surface area contributed by atoms with Crippen LogP contribution in [0.1, 0.15) is 13.3 Å². The van der Waals surface area contributed by atoms with Gasteiger partial charge in [-0.15, -0.1) is 0 Å². The minimum Gasteiger partial charge on any atom is -0.321 e. The van der Waals surface area contributed by atoms with Crippen molar-refractivity contribution < 1.29 is 0 Å². The highest BCUT2D eigenvalue weighted by Gasteiger charge is 2.50. The van der Waals surface area contributed by atoms with Gasteiger partial charge in [0, 0.05) is 26.2 Å². The summed E-state index contributed by atoms with van der Waals surface area (Å²) in [7, 11) is -1.42. The van der Waals surface area contributed by atoms with E-state index >= 15 is 0 Å². The Morgan fingerprint density at radius 2 is 1.70 bits per heavy atom. The van der Waals surface area contributed by atoms with E-state index in [1.807, 2.05) is 0 Å². The highest BCUT2D eigenvalue weighted by Crippen LogP contribution is 2.53. The van der Waals surface area contributed by atoms with Gasteiger partial charge in [0.15, 0.2) is 0 Å². The quantitative estimate of drug-likeness (QED) is 0.837. The van der Waals surface area contributed by atoms with E-state index in [1.54, 1.807) is 0 Å². The standard InChI is InChI=1S/C20H30N2Si/c1-15-12-18-13-16-6-4-5-7-17(16)14-19(18)20(15)23(2,3)22-10-8-21-9-11-22/h4-7,13-15,18-21H,8-12H2,1-3H3. The fraction of sp³-hybridized carbons (Fsp3) is 0.600. The van der Waals surface area contributed by atoms with Crippen molar-refractivity contribution in [3.8, 4) is 0 Å². The second kappa shape index (κ2) is 5.87. The average molecular weight is 327 g/mol. The van der Waals surface area contributed by atoms with Crippen molar-refractivity contribution in [3.05, 3.63) is 34.7 Å². The summed E-state index contributed by atoms with van der Waals surface area (Å²) in [5.41, 5.74) is 0.884. The molecule has 23 heavy (non-hydrogen) atoms. The summed E-state index contributed by atoms with van der Waals surface area (Å²) in [6.45, 7) is 12.6. The molecule has 1 aromatic carbocycles. The SMILES string of the molecule is CC1CC2C=c3ccccc3=CC2C1[Si](C)(C)N1CCNCC1. The fourth-order valence-electron chi connectivity index (χ4n) is 5.66. The van der Waals surface area contributed by atoms with Crippen LogP contribution in [0, 0.1) is 17.8 Å². The van der Waals surface area contributed by atoms with Gasteiger partial charge in [-0.2, -0.15) is 0 Å². The third kappa shape index (κ3) is 2.63. The molecule has 1 saturated heterocycles. The molecule has 4 unspecified atom stereocenters. The molecule has 0 aromatic heterocycles. The Balaban J connectivity index is 1.70. The van der Waals surface area contributed by atoms with Gasteiger partial charge in [0.05, 0.1) is 0 Å². The smallest absolute Gasteiger partial charge is 0.126 e. The maximum absolute atomic E-state index is 3.52. The molecule has 3 heteroatoms. The van der Waals surface area contributed by atoms with Crippen LogP contribution in [-0.4, -0.2) is 39.0 Å². The number of fused-ring (bicyclic) bond motifs is 2. The van der Waals surface area contributed by atoms with Gasteiger partial charge in [0.25, 0.3) is 0 Å². The number of benzene rings is 1. The van der Waals surface area contributed by atoms with E-state index in [2.05, 4.69) is 66.3 Å². The summed E-state index contributed by atoms with van der Waals surface area (Å²) in [5, 5.41) is 6.46. The van der Waals surface area contributed by atoms with E-state index in [4.69, 9.17) is 0 Å². The van der Waals surface area contributed by atoms with Crippen LogP contribution in [-0.2, 0) is 0 Å². The third-order valence-corrected chi connectivity index (χ3v) is 11.3. The van der Waals surface area contributed by atoms with Crippen molar-refractivity contribution in [1.29, 1.82) is 0 Å². The molecule has 1 aliphatic heterocycles. The Morgan fingerprint density at radius 3 is 2.39 bits per heavy atom. The van der Waals surface area contributed by atoms with Crippen LogP contribution in [0.15, 0.2) is 24.3 Å². The van der Waals surface area contributed by atoms with Crippen molar-refractivity contribution in [2.75, 3.05) is 26.2 Å². The monoisotopic (exact) mass is 326 g/mol. The van der Waals surface area contributed by atoms with Crippen molar-refractivity contribution >= 4 is 20.4 Å². The molecule has 1 N–H and O–H groups in total. The van der Waals surface area contributed by atoms with Crippen molar-refractivity contribution in [1.82, 2.24) is 9.88 Å². The van der Waals surface area contributed by atoms with E-state index in [0.29, 0.717) is 0 Å². The number of nitrogens with zero attached hydrogens (tertiary/aromatic N) is 1. The molecular formula is C20H30N2Si. The van der Waals surface area contributed by atoms with E-state index in [1.165, 1.54) is 43.0 Å². The summed E-state index contributed by atoms with van der Waals surface area (Å²) in [6, 6.07) is 8.97. The van der Waals surface area contributed by atoms with Crippen LogP contribution in [0.25, 0.3) is 12.2 Å². The molecule has 1 heterocycles. The average Bonchev–Trinajstić information content (AvgIpc) is 2.88. The summed E-state index contributed by atoms with van der Waals surface area (Å²) in [5.74, 6) is 2.37. The molecule has 2 nitrogen and oxygen atoms in total. The first-order valence-electron chi connectivity index (χ1n) is 9.32. The molecule has 0 amide bonds. The Hall–Kier alpha value is -0.903. The molecule has 0 radical (unpaired) electrons. The summed E-state index contributed by atoms with van der Waals surface area (Å²) >= 11 is 0. The highest BCUT2D eigenvalue weighted by molar-refractivity contribution is 6.76. The predicted molar refractivity (Wildman–Crippen MR) is 101 cm³/mol. The van der Waals surface area contributed by atoms with E-state index < -0.39 is 8.24 Å². The van der Waals surface area contributed by atoms with Gasteiger partial charge in [-0.3, -0.25) is 0 Å². The van der Waals surface area contributed by atoms with Crippen LogP contribution in [0.3, 0.4) is 0 Å². The summed E-state index contributed by atoms with van der Waals surface area (Å²) in [6.07, 6.45) is 6.59. The molecule has 4 atom stereocenters. The zero-order chi connectivity index (χ0) is 16.0. The Bertz CT molecular complexity index is 690. The van der Waals surface area contributed by atoms with Gasteiger partial charge in [0.1, 0.15) is 8.24 Å². The molecular weight excluding hydrogens is 296 g/mol. The fourth-order valence-corrected chi connectivity index (χ4v) is 10.3. The van der Waals surface area contributed by atoms with Gasteiger partial charge >= 0.3 is 0 Å². The zero-order valence-corrected chi connectivity index (χ0v) is 15.8.